The number of para-hydroxylation sites is 2. The zero-order valence-electron chi connectivity index (χ0n) is 15.6. The maximum Gasteiger partial charge on any atom is 0.234 e. The summed E-state index contributed by atoms with van der Waals surface area (Å²) in [6.45, 7) is 0.341. The van der Waals surface area contributed by atoms with E-state index in [-0.39, 0.29) is 11.7 Å². The number of thioether (sulfide) groups is 1. The summed E-state index contributed by atoms with van der Waals surface area (Å²) in [6.07, 6.45) is 1.59. The fraction of sp³-hybridized carbons (Fsp3) is 0.100. The van der Waals surface area contributed by atoms with Gasteiger partial charge in [0.1, 0.15) is 18.7 Å². The second-order valence-electron chi connectivity index (χ2n) is 6.06. The van der Waals surface area contributed by atoms with Gasteiger partial charge in [0.25, 0.3) is 0 Å². The van der Waals surface area contributed by atoms with Crippen molar-refractivity contribution in [2.24, 2.45) is 0 Å². The Morgan fingerprint density at radius 1 is 1.23 bits per heavy atom. The molecule has 0 fully saturated rings. The second kappa shape index (κ2) is 9.75. The summed E-state index contributed by atoms with van der Waals surface area (Å²) in [6, 6.07) is 14.7. The molecule has 4 rings (SSSR count). The van der Waals surface area contributed by atoms with Crippen LogP contribution < -0.4 is 10.1 Å². The topological polar surface area (TPSA) is 81.9 Å². The number of carbonyl (C=O) groups is 1. The van der Waals surface area contributed by atoms with Crippen LogP contribution >= 0.6 is 34.7 Å². The molecule has 152 valence electrons. The minimum Gasteiger partial charge on any atom is -0.485 e. The fourth-order valence-electron chi connectivity index (χ4n) is 2.60. The molecule has 2 heterocycles. The zero-order chi connectivity index (χ0) is 20.8. The zero-order valence-corrected chi connectivity index (χ0v) is 18.0. The van der Waals surface area contributed by atoms with Crippen LogP contribution in [0.3, 0.4) is 0 Å². The van der Waals surface area contributed by atoms with Crippen molar-refractivity contribution in [2.45, 2.75) is 11.8 Å². The molecule has 0 radical (unpaired) electrons. The molecule has 2 aromatic carbocycles. The molecule has 30 heavy (non-hydrogen) atoms. The first kappa shape index (κ1) is 20.4. The third kappa shape index (κ3) is 5.18. The van der Waals surface area contributed by atoms with E-state index in [0.717, 1.165) is 11.4 Å². The van der Waals surface area contributed by atoms with Crippen LogP contribution in [0.25, 0.3) is 5.69 Å². The maximum absolute atomic E-state index is 12.5. The maximum atomic E-state index is 12.5. The van der Waals surface area contributed by atoms with Crippen molar-refractivity contribution in [1.29, 1.82) is 0 Å². The summed E-state index contributed by atoms with van der Waals surface area (Å²) in [4.78, 5) is 16.7. The molecule has 0 aliphatic rings. The van der Waals surface area contributed by atoms with Crippen LogP contribution in [-0.2, 0) is 11.4 Å². The SMILES string of the molecule is O=C(CSc1nncn1-c1cccc(Cl)c1)Nc1ccccc1OCc1cscn1. The molecule has 0 unspecified atom stereocenters. The minimum absolute atomic E-state index is 0.166. The van der Waals surface area contributed by atoms with Crippen LogP contribution in [0.1, 0.15) is 5.69 Å². The van der Waals surface area contributed by atoms with Crippen molar-refractivity contribution in [1.82, 2.24) is 19.7 Å². The highest BCUT2D eigenvalue weighted by Crippen LogP contribution is 2.26. The highest BCUT2D eigenvalue weighted by atomic mass is 35.5. The highest BCUT2D eigenvalue weighted by Gasteiger charge is 2.12. The molecular formula is C20H16ClN5O2S2. The lowest BCUT2D eigenvalue weighted by Gasteiger charge is -2.12. The van der Waals surface area contributed by atoms with E-state index in [9.17, 15) is 4.79 Å². The third-order valence-corrected chi connectivity index (χ3v) is 5.77. The Labute approximate surface area is 186 Å². The van der Waals surface area contributed by atoms with E-state index >= 15 is 0 Å². The number of halogens is 1. The highest BCUT2D eigenvalue weighted by molar-refractivity contribution is 7.99. The molecule has 0 bridgehead atoms. The van der Waals surface area contributed by atoms with Crippen LogP contribution in [0.5, 0.6) is 5.75 Å². The molecular weight excluding hydrogens is 442 g/mol. The Hall–Kier alpha value is -2.88. The molecule has 7 nitrogen and oxygen atoms in total. The number of aromatic nitrogens is 4. The van der Waals surface area contributed by atoms with E-state index < -0.39 is 0 Å². The molecule has 0 spiro atoms. The quantitative estimate of drug-likeness (QED) is 0.386. The lowest BCUT2D eigenvalue weighted by atomic mass is 10.3. The van der Waals surface area contributed by atoms with Crippen molar-refractivity contribution in [3.63, 3.8) is 0 Å². The van der Waals surface area contributed by atoms with Gasteiger partial charge in [-0.2, -0.15) is 0 Å². The number of amides is 1. The number of hydrogen-bond donors (Lipinski definition) is 1. The monoisotopic (exact) mass is 457 g/mol. The van der Waals surface area contributed by atoms with E-state index in [2.05, 4.69) is 20.5 Å². The van der Waals surface area contributed by atoms with Crippen LogP contribution in [0.4, 0.5) is 5.69 Å². The first-order valence-electron chi connectivity index (χ1n) is 8.86. The van der Waals surface area contributed by atoms with E-state index in [1.165, 1.54) is 23.1 Å². The average Bonchev–Trinajstić information content (AvgIpc) is 3.43. The van der Waals surface area contributed by atoms with Crippen molar-refractivity contribution in [3.05, 3.63) is 76.5 Å². The molecule has 0 saturated carbocycles. The van der Waals surface area contributed by atoms with Gasteiger partial charge in [0.2, 0.25) is 5.91 Å². The number of rotatable bonds is 8. The Morgan fingerprint density at radius 2 is 2.13 bits per heavy atom. The fourth-order valence-corrected chi connectivity index (χ4v) is 4.06. The molecule has 0 aliphatic carbocycles. The number of ether oxygens (including phenoxy) is 1. The van der Waals surface area contributed by atoms with Crippen molar-refractivity contribution < 1.29 is 9.53 Å². The van der Waals surface area contributed by atoms with Crippen molar-refractivity contribution in [3.8, 4) is 11.4 Å². The van der Waals surface area contributed by atoms with E-state index in [1.54, 1.807) is 28.5 Å². The Bertz CT molecular complexity index is 1130. The molecule has 0 atom stereocenters. The normalized spacial score (nSPS) is 10.7. The Morgan fingerprint density at radius 3 is 2.97 bits per heavy atom. The van der Waals surface area contributed by atoms with Gasteiger partial charge < -0.3 is 10.1 Å². The smallest absolute Gasteiger partial charge is 0.234 e. The lowest BCUT2D eigenvalue weighted by Crippen LogP contribution is -2.15. The van der Waals surface area contributed by atoms with E-state index in [4.69, 9.17) is 16.3 Å². The molecule has 0 saturated heterocycles. The predicted octanol–water partition coefficient (Wildman–Crippen LogP) is 4.69. The largest absolute Gasteiger partial charge is 0.485 e. The van der Waals surface area contributed by atoms with Gasteiger partial charge in [-0.1, -0.05) is 41.6 Å². The first-order valence-corrected chi connectivity index (χ1v) is 11.2. The summed E-state index contributed by atoms with van der Waals surface area (Å²) in [5.41, 5.74) is 4.04. The van der Waals surface area contributed by atoms with Crippen molar-refractivity contribution in [2.75, 3.05) is 11.1 Å². The molecule has 10 heteroatoms. The van der Waals surface area contributed by atoms with Gasteiger partial charge in [-0.25, -0.2) is 4.98 Å². The molecule has 4 aromatic rings. The standard InChI is InChI=1S/C20H16ClN5O2S2/c21-14-4-3-5-16(8-14)26-12-23-25-20(26)30-11-19(27)24-17-6-1-2-7-18(17)28-9-15-10-29-13-22-15/h1-8,10,12-13H,9,11H2,(H,24,27). The Kier molecular flexibility index (Phi) is 6.63. The number of nitrogens with zero attached hydrogens (tertiary/aromatic N) is 4. The number of anilines is 1. The molecule has 1 amide bonds. The summed E-state index contributed by atoms with van der Waals surface area (Å²) in [5, 5.41) is 14.1. The van der Waals surface area contributed by atoms with Crippen LogP contribution in [0.2, 0.25) is 5.02 Å². The number of carbonyl (C=O) groups excluding carboxylic acids is 1. The van der Waals surface area contributed by atoms with Gasteiger partial charge in [0.05, 0.1) is 28.3 Å². The van der Waals surface area contributed by atoms with Crippen LogP contribution in [-0.4, -0.2) is 31.4 Å². The Balaban J connectivity index is 1.38. The summed E-state index contributed by atoms with van der Waals surface area (Å²) in [5.74, 6) is 0.580. The average molecular weight is 458 g/mol. The number of nitrogens with one attached hydrogen (secondary N) is 1. The summed E-state index contributed by atoms with van der Waals surface area (Å²) < 4.78 is 7.59. The van der Waals surface area contributed by atoms with Gasteiger partial charge in [-0.3, -0.25) is 9.36 Å². The van der Waals surface area contributed by atoms with Gasteiger partial charge in [0, 0.05) is 10.4 Å². The van der Waals surface area contributed by atoms with E-state index in [1.807, 2.05) is 41.8 Å². The van der Waals surface area contributed by atoms with Crippen LogP contribution in [0.15, 0.2) is 70.9 Å². The summed E-state index contributed by atoms with van der Waals surface area (Å²) >= 11 is 8.86. The molecule has 1 N–H and O–H groups in total. The third-order valence-electron chi connectivity index (χ3n) is 3.96. The molecule has 0 aliphatic heterocycles. The number of benzene rings is 2. The number of hydrogen-bond acceptors (Lipinski definition) is 7. The van der Waals surface area contributed by atoms with Crippen LogP contribution in [0, 0.1) is 0 Å². The predicted molar refractivity (Wildman–Crippen MR) is 119 cm³/mol. The second-order valence-corrected chi connectivity index (χ2v) is 8.16. The van der Waals surface area contributed by atoms with E-state index in [0.29, 0.717) is 28.2 Å². The lowest BCUT2D eigenvalue weighted by molar-refractivity contribution is -0.113. The van der Waals surface area contributed by atoms with Gasteiger partial charge in [0.15, 0.2) is 5.16 Å². The van der Waals surface area contributed by atoms with Crippen molar-refractivity contribution >= 4 is 46.3 Å². The number of thiazole rings is 1. The van der Waals surface area contributed by atoms with Gasteiger partial charge >= 0.3 is 0 Å². The minimum atomic E-state index is -0.176. The van der Waals surface area contributed by atoms with Gasteiger partial charge in [-0.05, 0) is 30.3 Å². The molecule has 2 aromatic heterocycles. The first-order chi connectivity index (χ1) is 14.7. The summed E-state index contributed by atoms with van der Waals surface area (Å²) in [7, 11) is 0. The van der Waals surface area contributed by atoms with Gasteiger partial charge in [-0.15, -0.1) is 21.5 Å².